The maximum absolute atomic E-state index is 12.6. The zero-order valence-corrected chi connectivity index (χ0v) is 15.0. The third-order valence-electron chi connectivity index (χ3n) is 4.42. The lowest BCUT2D eigenvalue weighted by atomic mass is 10.2. The quantitative estimate of drug-likeness (QED) is 0.663. The van der Waals surface area contributed by atoms with Crippen molar-refractivity contribution in [2.75, 3.05) is 13.1 Å². The average molecular weight is 404 g/mol. The van der Waals surface area contributed by atoms with Crippen molar-refractivity contribution in [3.8, 4) is 17.1 Å². The largest absolute Gasteiger partial charge is 0.488 e. The molecule has 1 amide bonds. The number of pyridine rings is 1. The molecule has 1 aliphatic heterocycles. The second-order valence-electron chi connectivity index (χ2n) is 6.46. The average Bonchev–Trinajstić information content (AvgIpc) is 3.38. The minimum atomic E-state index is -4.70. The summed E-state index contributed by atoms with van der Waals surface area (Å²) in [6.45, 7) is 0.955. The van der Waals surface area contributed by atoms with Crippen molar-refractivity contribution in [1.29, 1.82) is 0 Å². The Bertz CT molecular complexity index is 1010. The van der Waals surface area contributed by atoms with Gasteiger partial charge in [-0.1, -0.05) is 17.3 Å². The molecule has 0 radical (unpaired) electrons. The van der Waals surface area contributed by atoms with E-state index < -0.39 is 12.1 Å². The number of carbonyl (C=O) groups excluding carboxylic acids is 1. The number of ether oxygens (including phenoxy) is 1. The van der Waals surface area contributed by atoms with Crippen LogP contribution in [0.25, 0.3) is 11.4 Å². The Balaban J connectivity index is 1.42. The van der Waals surface area contributed by atoms with E-state index in [0.717, 1.165) is 0 Å². The van der Waals surface area contributed by atoms with E-state index in [2.05, 4.69) is 19.6 Å². The summed E-state index contributed by atoms with van der Waals surface area (Å²) >= 11 is 0. The van der Waals surface area contributed by atoms with Crippen LogP contribution >= 0.6 is 0 Å². The summed E-state index contributed by atoms with van der Waals surface area (Å²) in [5.74, 6) is -1.23. The predicted octanol–water partition coefficient (Wildman–Crippen LogP) is 3.44. The fraction of sp³-hybridized carbons (Fsp3) is 0.263. The molecule has 3 aromatic rings. The van der Waals surface area contributed by atoms with Gasteiger partial charge >= 0.3 is 12.1 Å². The number of likely N-dealkylation sites (tertiary alicyclic amines) is 1. The molecule has 0 bridgehead atoms. The van der Waals surface area contributed by atoms with Gasteiger partial charge in [-0.25, -0.2) is 0 Å². The Morgan fingerprint density at radius 1 is 1.21 bits per heavy atom. The normalized spacial score (nSPS) is 16.8. The predicted molar refractivity (Wildman–Crippen MR) is 93.9 cm³/mol. The number of nitrogens with zero attached hydrogens (tertiary/aromatic N) is 4. The van der Waals surface area contributed by atoms with Gasteiger partial charge in [-0.05, 0) is 24.3 Å². The Labute approximate surface area is 163 Å². The smallest absolute Gasteiger partial charge is 0.471 e. The van der Waals surface area contributed by atoms with Crippen LogP contribution in [0.2, 0.25) is 0 Å². The van der Waals surface area contributed by atoms with E-state index in [-0.39, 0.29) is 17.8 Å². The molecule has 1 aliphatic rings. The molecule has 150 valence electrons. The number of aromatic nitrogens is 3. The summed E-state index contributed by atoms with van der Waals surface area (Å²) in [6.07, 6.45) is -1.17. The zero-order valence-electron chi connectivity index (χ0n) is 15.0. The molecule has 0 unspecified atom stereocenters. The minimum absolute atomic E-state index is 0.0984. The monoisotopic (exact) mass is 404 g/mol. The van der Waals surface area contributed by atoms with Crippen LogP contribution in [0, 0.1) is 0 Å². The van der Waals surface area contributed by atoms with Gasteiger partial charge in [-0.3, -0.25) is 9.78 Å². The summed E-state index contributed by atoms with van der Waals surface area (Å²) in [5.41, 5.74) is 0.893. The highest BCUT2D eigenvalue weighted by molar-refractivity contribution is 5.94. The Hall–Kier alpha value is -3.43. The molecule has 4 rings (SSSR count). The van der Waals surface area contributed by atoms with Crippen molar-refractivity contribution < 1.29 is 27.2 Å². The molecule has 1 atom stereocenters. The van der Waals surface area contributed by atoms with E-state index >= 15 is 0 Å². The van der Waals surface area contributed by atoms with Crippen molar-refractivity contribution in [3.63, 3.8) is 0 Å². The first kappa shape index (κ1) is 18.9. The Morgan fingerprint density at radius 3 is 2.72 bits per heavy atom. The molecule has 7 nitrogen and oxygen atoms in total. The number of halogens is 3. The minimum Gasteiger partial charge on any atom is -0.488 e. The van der Waals surface area contributed by atoms with Crippen LogP contribution in [0.15, 0.2) is 53.3 Å². The zero-order chi connectivity index (χ0) is 20.4. The Kier molecular flexibility index (Phi) is 4.91. The first-order valence-electron chi connectivity index (χ1n) is 8.77. The molecular weight excluding hydrogens is 389 g/mol. The van der Waals surface area contributed by atoms with Crippen LogP contribution in [0.1, 0.15) is 22.7 Å². The summed E-state index contributed by atoms with van der Waals surface area (Å²) in [6, 6.07) is 9.72. The first-order valence-corrected chi connectivity index (χ1v) is 8.77. The molecule has 0 N–H and O–H groups in total. The molecule has 2 aromatic heterocycles. The highest BCUT2D eigenvalue weighted by atomic mass is 19.4. The number of amides is 1. The molecule has 3 heterocycles. The van der Waals surface area contributed by atoms with E-state index in [1.54, 1.807) is 53.7 Å². The molecule has 0 spiro atoms. The second-order valence-corrected chi connectivity index (χ2v) is 6.46. The van der Waals surface area contributed by atoms with Gasteiger partial charge in [-0.2, -0.15) is 18.2 Å². The summed E-state index contributed by atoms with van der Waals surface area (Å²) in [5, 5.41) is 3.37. The maximum Gasteiger partial charge on any atom is 0.471 e. The molecular formula is C19H15F3N4O3. The highest BCUT2D eigenvalue weighted by Crippen LogP contribution is 2.30. The number of hydrogen-bond acceptors (Lipinski definition) is 6. The SMILES string of the molecule is O=C(c1ccncc1)N1CC[C@@H](Oc2cccc(-c3noc(C(F)(F)F)n3)c2)C1. The van der Waals surface area contributed by atoms with Crippen molar-refractivity contribution in [1.82, 2.24) is 20.0 Å². The third kappa shape index (κ3) is 4.20. The lowest BCUT2D eigenvalue weighted by Crippen LogP contribution is -2.30. The van der Waals surface area contributed by atoms with Gasteiger partial charge in [0.05, 0.1) is 6.54 Å². The second kappa shape index (κ2) is 7.53. The van der Waals surface area contributed by atoms with Crippen molar-refractivity contribution >= 4 is 5.91 Å². The fourth-order valence-electron chi connectivity index (χ4n) is 3.04. The van der Waals surface area contributed by atoms with Gasteiger partial charge in [-0.15, -0.1) is 0 Å². The molecule has 0 aliphatic carbocycles. The lowest BCUT2D eigenvalue weighted by molar-refractivity contribution is -0.159. The molecule has 10 heteroatoms. The topological polar surface area (TPSA) is 81.4 Å². The van der Waals surface area contributed by atoms with Crippen LogP contribution in [0.3, 0.4) is 0 Å². The third-order valence-corrected chi connectivity index (χ3v) is 4.42. The molecule has 29 heavy (non-hydrogen) atoms. The van der Waals surface area contributed by atoms with Gasteiger partial charge < -0.3 is 14.2 Å². The van der Waals surface area contributed by atoms with Gasteiger partial charge in [0.1, 0.15) is 11.9 Å². The number of rotatable bonds is 4. The van der Waals surface area contributed by atoms with Crippen molar-refractivity contribution in [2.24, 2.45) is 0 Å². The van der Waals surface area contributed by atoms with Crippen LogP contribution in [-0.4, -0.2) is 45.1 Å². The highest BCUT2D eigenvalue weighted by Gasteiger charge is 2.38. The number of hydrogen-bond donors (Lipinski definition) is 0. The van der Waals surface area contributed by atoms with Crippen LogP contribution in [0.5, 0.6) is 5.75 Å². The summed E-state index contributed by atoms with van der Waals surface area (Å²) in [4.78, 5) is 21.5. The van der Waals surface area contributed by atoms with E-state index in [9.17, 15) is 18.0 Å². The van der Waals surface area contributed by atoms with Gasteiger partial charge in [0.25, 0.3) is 5.91 Å². The van der Waals surface area contributed by atoms with E-state index in [1.165, 1.54) is 0 Å². The maximum atomic E-state index is 12.6. The van der Waals surface area contributed by atoms with Gasteiger partial charge in [0.2, 0.25) is 5.82 Å². The number of benzene rings is 1. The van der Waals surface area contributed by atoms with Crippen molar-refractivity contribution in [2.45, 2.75) is 18.7 Å². The first-order chi connectivity index (χ1) is 13.9. The fourth-order valence-corrected chi connectivity index (χ4v) is 3.04. The molecule has 1 saturated heterocycles. The lowest BCUT2D eigenvalue weighted by Gasteiger charge is -2.17. The summed E-state index contributed by atoms with van der Waals surface area (Å²) < 4.78 is 48.1. The Morgan fingerprint density at radius 2 is 2.00 bits per heavy atom. The van der Waals surface area contributed by atoms with Gasteiger partial charge in [0.15, 0.2) is 0 Å². The number of carbonyl (C=O) groups is 1. The van der Waals surface area contributed by atoms with E-state index in [1.807, 2.05) is 0 Å². The molecule has 1 fully saturated rings. The van der Waals surface area contributed by atoms with E-state index in [0.29, 0.717) is 36.4 Å². The molecule has 1 aromatic carbocycles. The van der Waals surface area contributed by atoms with Crippen LogP contribution in [-0.2, 0) is 6.18 Å². The van der Waals surface area contributed by atoms with E-state index in [4.69, 9.17) is 4.74 Å². The van der Waals surface area contributed by atoms with Crippen LogP contribution in [0.4, 0.5) is 13.2 Å². The number of alkyl halides is 3. The van der Waals surface area contributed by atoms with Crippen molar-refractivity contribution in [3.05, 3.63) is 60.2 Å². The van der Waals surface area contributed by atoms with Crippen LogP contribution < -0.4 is 4.74 Å². The standard InChI is InChI=1S/C19H15F3N4O3/c20-19(21,22)18-24-16(25-29-18)13-2-1-3-14(10-13)28-15-6-9-26(11-15)17(27)12-4-7-23-8-5-12/h1-5,7-8,10,15H,6,9,11H2/t15-/m1/s1. The van der Waals surface area contributed by atoms with Gasteiger partial charge in [0, 0.05) is 36.5 Å². The molecule has 0 saturated carbocycles. The summed E-state index contributed by atoms with van der Waals surface area (Å²) in [7, 11) is 0.